The number of nitrogens with one attached hydrogen (secondary N) is 1. The summed E-state index contributed by atoms with van der Waals surface area (Å²) >= 11 is 0. The fourth-order valence-corrected chi connectivity index (χ4v) is 2.01. The minimum atomic E-state index is 0.105. The van der Waals surface area contributed by atoms with Crippen LogP contribution in [0.15, 0.2) is 61.2 Å². The van der Waals surface area contributed by atoms with E-state index in [2.05, 4.69) is 43.1 Å². The molecule has 0 bridgehead atoms. The van der Waals surface area contributed by atoms with E-state index < -0.39 is 0 Å². The van der Waals surface area contributed by atoms with Crippen LogP contribution in [-0.2, 0) is 0 Å². The van der Waals surface area contributed by atoms with Gasteiger partial charge in [-0.05, 0) is 36.8 Å². The van der Waals surface area contributed by atoms with Crippen molar-refractivity contribution in [1.82, 2.24) is 0 Å². The highest BCUT2D eigenvalue weighted by molar-refractivity contribution is 5.49. The zero-order valence-electron chi connectivity index (χ0n) is 11.4. The quantitative estimate of drug-likeness (QED) is 0.800. The van der Waals surface area contributed by atoms with Gasteiger partial charge in [-0.2, -0.15) is 0 Å². The van der Waals surface area contributed by atoms with E-state index in [1.165, 1.54) is 11.1 Å². The van der Waals surface area contributed by atoms with Crippen LogP contribution < -0.4 is 10.1 Å². The summed E-state index contributed by atoms with van der Waals surface area (Å²) in [5, 5.41) is 3.45. The molecule has 0 fully saturated rings. The van der Waals surface area contributed by atoms with Crippen molar-refractivity contribution in [1.29, 1.82) is 0 Å². The Bertz CT molecular complexity index is 545. The summed E-state index contributed by atoms with van der Waals surface area (Å²) in [6.45, 7) is 6.00. The van der Waals surface area contributed by atoms with E-state index in [0.29, 0.717) is 0 Å². The molecule has 0 aliphatic carbocycles. The topological polar surface area (TPSA) is 21.3 Å². The molecule has 2 rings (SSSR count). The predicted octanol–water partition coefficient (Wildman–Crippen LogP) is 4.34. The second kappa shape index (κ2) is 6.10. The number of hydrogen-bond acceptors (Lipinski definition) is 2. The third-order valence-electron chi connectivity index (χ3n) is 3.05. The molecule has 0 saturated heterocycles. The minimum Gasteiger partial charge on any atom is -0.497 e. The second-order valence-corrected chi connectivity index (χ2v) is 4.50. The van der Waals surface area contributed by atoms with Gasteiger partial charge in [0.2, 0.25) is 0 Å². The molecule has 0 amide bonds. The number of rotatable bonds is 5. The number of anilines is 1. The molecule has 0 unspecified atom stereocenters. The van der Waals surface area contributed by atoms with Gasteiger partial charge in [0.25, 0.3) is 0 Å². The Balaban J connectivity index is 2.16. The van der Waals surface area contributed by atoms with Crippen LogP contribution in [0.2, 0.25) is 0 Å². The molecule has 1 N–H and O–H groups in total. The third-order valence-corrected chi connectivity index (χ3v) is 3.05. The van der Waals surface area contributed by atoms with E-state index in [1.807, 2.05) is 30.3 Å². The predicted molar refractivity (Wildman–Crippen MR) is 80.7 cm³/mol. The average Bonchev–Trinajstić information content (AvgIpc) is 2.45. The van der Waals surface area contributed by atoms with Gasteiger partial charge in [-0.3, -0.25) is 0 Å². The molecule has 2 heteroatoms. The van der Waals surface area contributed by atoms with Gasteiger partial charge in [-0.1, -0.05) is 35.9 Å². The lowest BCUT2D eigenvalue weighted by Crippen LogP contribution is -2.07. The summed E-state index contributed by atoms with van der Waals surface area (Å²) in [6.07, 6.45) is 1.92. The maximum absolute atomic E-state index is 5.15. The Labute approximate surface area is 114 Å². The van der Waals surface area contributed by atoms with Gasteiger partial charge < -0.3 is 10.1 Å². The molecule has 98 valence electrons. The van der Waals surface area contributed by atoms with Crippen molar-refractivity contribution in [2.45, 2.75) is 13.0 Å². The first-order valence-electron chi connectivity index (χ1n) is 6.32. The molecule has 2 nitrogen and oxygen atoms in total. The summed E-state index contributed by atoms with van der Waals surface area (Å²) in [4.78, 5) is 0. The SMILES string of the molecule is C=C[C@@H](Nc1ccc(OC)cc1)c1cccc(C)c1. The highest BCUT2D eigenvalue weighted by Gasteiger charge is 2.07. The lowest BCUT2D eigenvalue weighted by atomic mass is 10.0. The molecule has 0 spiro atoms. The molecule has 2 aromatic rings. The molecule has 2 aromatic carbocycles. The molecule has 0 aliphatic rings. The van der Waals surface area contributed by atoms with E-state index in [1.54, 1.807) is 7.11 Å². The Morgan fingerprint density at radius 2 is 1.89 bits per heavy atom. The smallest absolute Gasteiger partial charge is 0.119 e. The summed E-state index contributed by atoms with van der Waals surface area (Å²) in [6, 6.07) is 16.4. The van der Waals surface area contributed by atoms with Gasteiger partial charge in [0.1, 0.15) is 5.75 Å². The number of ether oxygens (including phenoxy) is 1. The van der Waals surface area contributed by atoms with Gasteiger partial charge in [0.05, 0.1) is 13.2 Å². The second-order valence-electron chi connectivity index (χ2n) is 4.50. The zero-order chi connectivity index (χ0) is 13.7. The highest BCUT2D eigenvalue weighted by Crippen LogP contribution is 2.23. The highest BCUT2D eigenvalue weighted by atomic mass is 16.5. The number of hydrogen-bond donors (Lipinski definition) is 1. The van der Waals surface area contributed by atoms with Crippen molar-refractivity contribution in [3.63, 3.8) is 0 Å². The normalized spacial score (nSPS) is 11.7. The monoisotopic (exact) mass is 253 g/mol. The maximum Gasteiger partial charge on any atom is 0.119 e. The van der Waals surface area contributed by atoms with Crippen LogP contribution in [0.3, 0.4) is 0 Å². The van der Waals surface area contributed by atoms with Crippen molar-refractivity contribution < 1.29 is 4.74 Å². The lowest BCUT2D eigenvalue weighted by molar-refractivity contribution is 0.415. The largest absolute Gasteiger partial charge is 0.497 e. The maximum atomic E-state index is 5.15. The number of methoxy groups -OCH3 is 1. The van der Waals surface area contributed by atoms with Crippen molar-refractivity contribution in [2.24, 2.45) is 0 Å². The Morgan fingerprint density at radius 1 is 1.16 bits per heavy atom. The van der Waals surface area contributed by atoms with E-state index in [9.17, 15) is 0 Å². The Hall–Kier alpha value is -2.22. The van der Waals surface area contributed by atoms with Crippen LogP contribution in [0.1, 0.15) is 17.2 Å². The van der Waals surface area contributed by atoms with Crippen molar-refractivity contribution in [2.75, 3.05) is 12.4 Å². The molecule has 0 radical (unpaired) electrons. The van der Waals surface area contributed by atoms with E-state index in [-0.39, 0.29) is 6.04 Å². The fourth-order valence-electron chi connectivity index (χ4n) is 2.01. The molecule has 19 heavy (non-hydrogen) atoms. The number of benzene rings is 2. The third kappa shape index (κ3) is 3.38. The van der Waals surface area contributed by atoms with E-state index in [0.717, 1.165) is 11.4 Å². The van der Waals surface area contributed by atoms with Crippen LogP contribution in [0.5, 0.6) is 5.75 Å². The average molecular weight is 253 g/mol. The molecule has 0 saturated carbocycles. The van der Waals surface area contributed by atoms with Gasteiger partial charge in [0, 0.05) is 5.69 Å². The van der Waals surface area contributed by atoms with Gasteiger partial charge >= 0.3 is 0 Å². The summed E-state index contributed by atoms with van der Waals surface area (Å²) in [7, 11) is 1.67. The first-order chi connectivity index (χ1) is 9.22. The Morgan fingerprint density at radius 3 is 2.47 bits per heavy atom. The van der Waals surface area contributed by atoms with Crippen LogP contribution >= 0.6 is 0 Å². The lowest BCUT2D eigenvalue weighted by Gasteiger charge is -2.17. The zero-order valence-corrected chi connectivity index (χ0v) is 11.4. The minimum absolute atomic E-state index is 0.105. The summed E-state index contributed by atoms with van der Waals surface area (Å²) < 4.78 is 5.15. The van der Waals surface area contributed by atoms with E-state index in [4.69, 9.17) is 4.74 Å². The molecular weight excluding hydrogens is 234 g/mol. The fraction of sp³-hybridized carbons (Fsp3) is 0.176. The first kappa shape index (κ1) is 13.2. The molecule has 0 aromatic heterocycles. The molecular formula is C17H19NO. The van der Waals surface area contributed by atoms with Crippen LogP contribution in [0, 0.1) is 6.92 Å². The van der Waals surface area contributed by atoms with Crippen molar-refractivity contribution >= 4 is 5.69 Å². The van der Waals surface area contributed by atoms with Crippen molar-refractivity contribution in [3.05, 3.63) is 72.3 Å². The van der Waals surface area contributed by atoms with Gasteiger partial charge in [-0.15, -0.1) is 6.58 Å². The number of aryl methyl sites for hydroxylation is 1. The molecule has 0 heterocycles. The van der Waals surface area contributed by atoms with E-state index >= 15 is 0 Å². The van der Waals surface area contributed by atoms with Gasteiger partial charge in [0.15, 0.2) is 0 Å². The molecule has 1 atom stereocenters. The first-order valence-corrected chi connectivity index (χ1v) is 6.32. The van der Waals surface area contributed by atoms with Gasteiger partial charge in [-0.25, -0.2) is 0 Å². The molecule has 0 aliphatic heterocycles. The van der Waals surface area contributed by atoms with Crippen LogP contribution in [0.25, 0.3) is 0 Å². The summed E-state index contributed by atoms with van der Waals surface area (Å²) in [5.74, 6) is 0.858. The Kier molecular flexibility index (Phi) is 4.24. The van der Waals surface area contributed by atoms with Crippen LogP contribution in [0.4, 0.5) is 5.69 Å². The standard InChI is InChI=1S/C17H19NO/c1-4-17(14-7-5-6-13(2)12-14)18-15-8-10-16(19-3)11-9-15/h4-12,17-18H,1H2,2-3H3/t17-/m1/s1. The van der Waals surface area contributed by atoms with Crippen LogP contribution in [-0.4, -0.2) is 7.11 Å². The summed E-state index contributed by atoms with van der Waals surface area (Å²) in [5.41, 5.74) is 3.51. The van der Waals surface area contributed by atoms with Crippen molar-refractivity contribution in [3.8, 4) is 5.75 Å².